The zero-order valence-corrected chi connectivity index (χ0v) is 19.4. The predicted octanol–water partition coefficient (Wildman–Crippen LogP) is 6.32. The van der Waals surface area contributed by atoms with Crippen molar-refractivity contribution in [3.63, 3.8) is 0 Å². The smallest absolute Gasteiger partial charge is 0.261 e. The Balaban J connectivity index is 1.80. The SMILES string of the molecule is CC[C@@H](Oc1cccc2ccccc12)C(=O)N[C@H](C)c1cc(C(C)C)c(OC)cc1C. The number of hydrogen-bond donors (Lipinski definition) is 1. The number of fused-ring (bicyclic) bond motifs is 1. The molecule has 3 aromatic rings. The second-order valence-electron chi connectivity index (χ2n) is 8.33. The first kappa shape index (κ1) is 22.7. The van der Waals surface area contributed by atoms with Crippen molar-refractivity contribution in [3.8, 4) is 11.5 Å². The van der Waals surface area contributed by atoms with Crippen LogP contribution in [0.3, 0.4) is 0 Å². The van der Waals surface area contributed by atoms with E-state index in [1.165, 1.54) is 0 Å². The lowest BCUT2D eigenvalue weighted by molar-refractivity contribution is -0.128. The fourth-order valence-corrected chi connectivity index (χ4v) is 3.97. The molecule has 0 heterocycles. The average Bonchev–Trinajstić information content (AvgIpc) is 2.76. The molecular weight excluding hydrogens is 386 g/mol. The van der Waals surface area contributed by atoms with Gasteiger partial charge >= 0.3 is 0 Å². The number of ether oxygens (including phenoxy) is 2. The molecule has 1 N–H and O–H groups in total. The van der Waals surface area contributed by atoms with Crippen LogP contribution in [0.15, 0.2) is 54.6 Å². The van der Waals surface area contributed by atoms with Gasteiger partial charge in [0.05, 0.1) is 13.2 Å². The van der Waals surface area contributed by atoms with Crippen LogP contribution < -0.4 is 14.8 Å². The third-order valence-corrected chi connectivity index (χ3v) is 5.75. The maximum Gasteiger partial charge on any atom is 0.261 e. The summed E-state index contributed by atoms with van der Waals surface area (Å²) in [6.45, 7) is 10.3. The lowest BCUT2D eigenvalue weighted by Crippen LogP contribution is -2.39. The number of nitrogens with one attached hydrogen (secondary N) is 1. The van der Waals surface area contributed by atoms with E-state index in [1.807, 2.05) is 56.3 Å². The number of rotatable bonds is 8. The molecule has 3 rings (SSSR count). The van der Waals surface area contributed by atoms with E-state index >= 15 is 0 Å². The van der Waals surface area contributed by atoms with Crippen LogP contribution in [0.2, 0.25) is 0 Å². The van der Waals surface area contributed by atoms with Crippen LogP contribution in [-0.4, -0.2) is 19.1 Å². The van der Waals surface area contributed by atoms with Crippen LogP contribution in [-0.2, 0) is 4.79 Å². The maximum atomic E-state index is 13.1. The second-order valence-corrected chi connectivity index (χ2v) is 8.33. The zero-order valence-electron chi connectivity index (χ0n) is 19.4. The summed E-state index contributed by atoms with van der Waals surface area (Å²) in [6.07, 6.45) is 0.0250. The fourth-order valence-electron chi connectivity index (χ4n) is 3.97. The van der Waals surface area contributed by atoms with Crippen LogP contribution in [0.5, 0.6) is 11.5 Å². The molecule has 2 atom stereocenters. The minimum Gasteiger partial charge on any atom is -0.496 e. The highest BCUT2D eigenvalue weighted by Crippen LogP contribution is 2.32. The second kappa shape index (κ2) is 9.86. The summed E-state index contributed by atoms with van der Waals surface area (Å²) in [5, 5.41) is 5.26. The molecule has 164 valence electrons. The van der Waals surface area contributed by atoms with Crippen molar-refractivity contribution >= 4 is 16.7 Å². The summed E-state index contributed by atoms with van der Waals surface area (Å²) in [7, 11) is 1.70. The van der Waals surface area contributed by atoms with Gasteiger partial charge < -0.3 is 14.8 Å². The van der Waals surface area contributed by atoms with Gasteiger partial charge in [0.15, 0.2) is 6.10 Å². The van der Waals surface area contributed by atoms with Crippen LogP contribution in [0.1, 0.15) is 62.8 Å². The van der Waals surface area contributed by atoms with E-state index in [-0.39, 0.29) is 11.9 Å². The quantitative estimate of drug-likeness (QED) is 0.465. The van der Waals surface area contributed by atoms with E-state index in [4.69, 9.17) is 9.47 Å². The van der Waals surface area contributed by atoms with Crippen molar-refractivity contribution in [1.82, 2.24) is 5.32 Å². The van der Waals surface area contributed by atoms with Crippen molar-refractivity contribution in [2.45, 2.75) is 59.1 Å². The number of amides is 1. The molecule has 0 aromatic heterocycles. The molecule has 1 amide bonds. The van der Waals surface area contributed by atoms with Crippen molar-refractivity contribution < 1.29 is 14.3 Å². The van der Waals surface area contributed by atoms with Gasteiger partial charge in [-0.3, -0.25) is 4.79 Å². The summed E-state index contributed by atoms with van der Waals surface area (Å²) < 4.78 is 11.7. The monoisotopic (exact) mass is 419 g/mol. The largest absolute Gasteiger partial charge is 0.496 e. The van der Waals surface area contributed by atoms with Crippen molar-refractivity contribution in [3.05, 3.63) is 71.3 Å². The number of benzene rings is 3. The van der Waals surface area contributed by atoms with Gasteiger partial charge in [-0.05, 0) is 66.5 Å². The molecule has 31 heavy (non-hydrogen) atoms. The third kappa shape index (κ3) is 5.01. The summed E-state index contributed by atoms with van der Waals surface area (Å²) >= 11 is 0. The third-order valence-electron chi connectivity index (χ3n) is 5.75. The number of hydrogen-bond acceptors (Lipinski definition) is 3. The van der Waals surface area contributed by atoms with E-state index < -0.39 is 6.10 Å². The molecule has 4 heteroatoms. The van der Waals surface area contributed by atoms with Crippen LogP contribution in [0.25, 0.3) is 10.8 Å². The highest BCUT2D eigenvalue weighted by molar-refractivity contribution is 5.89. The summed E-state index contributed by atoms with van der Waals surface area (Å²) in [6, 6.07) is 18.0. The molecule has 0 aliphatic heterocycles. The minimum atomic E-state index is -0.559. The highest BCUT2D eigenvalue weighted by atomic mass is 16.5. The van der Waals surface area contributed by atoms with E-state index in [2.05, 4.69) is 38.2 Å². The Hall–Kier alpha value is -3.01. The Kier molecular flexibility index (Phi) is 7.21. The summed E-state index contributed by atoms with van der Waals surface area (Å²) in [5.74, 6) is 1.84. The number of aryl methyl sites for hydroxylation is 1. The van der Waals surface area contributed by atoms with Crippen LogP contribution in [0.4, 0.5) is 0 Å². The van der Waals surface area contributed by atoms with Gasteiger partial charge in [-0.15, -0.1) is 0 Å². The van der Waals surface area contributed by atoms with E-state index in [0.717, 1.165) is 39.0 Å². The lowest BCUT2D eigenvalue weighted by atomic mass is 9.93. The molecule has 4 nitrogen and oxygen atoms in total. The van der Waals surface area contributed by atoms with Crippen molar-refractivity contribution in [2.75, 3.05) is 7.11 Å². The molecule has 0 unspecified atom stereocenters. The van der Waals surface area contributed by atoms with Gasteiger partial charge in [0.25, 0.3) is 5.91 Å². The van der Waals surface area contributed by atoms with Crippen molar-refractivity contribution in [2.24, 2.45) is 0 Å². The first-order valence-electron chi connectivity index (χ1n) is 11.0. The maximum absolute atomic E-state index is 13.1. The standard InChI is InChI=1S/C27H33NO3/c1-7-24(31-25-14-10-12-20-11-8-9-13-21(20)25)27(29)28-19(5)23-16-22(17(2)3)26(30-6)15-18(23)4/h8-17,19,24H,7H2,1-6H3,(H,28,29)/t19-,24-/m1/s1. The normalized spacial score (nSPS) is 13.1. The highest BCUT2D eigenvalue weighted by Gasteiger charge is 2.23. The topological polar surface area (TPSA) is 47.6 Å². The van der Waals surface area contributed by atoms with Gasteiger partial charge in [0.2, 0.25) is 0 Å². The molecule has 3 aromatic carbocycles. The Morgan fingerprint density at radius 1 is 0.968 bits per heavy atom. The Bertz CT molecular complexity index is 1050. The predicted molar refractivity (Wildman–Crippen MR) is 127 cm³/mol. The summed E-state index contributed by atoms with van der Waals surface area (Å²) in [5.41, 5.74) is 3.33. The molecule has 0 aliphatic carbocycles. The molecule has 0 fully saturated rings. The zero-order chi connectivity index (χ0) is 22.5. The van der Waals surface area contributed by atoms with E-state index in [1.54, 1.807) is 7.11 Å². The molecule has 0 saturated heterocycles. The van der Waals surface area contributed by atoms with Gasteiger partial charge in [-0.2, -0.15) is 0 Å². The van der Waals surface area contributed by atoms with E-state index in [9.17, 15) is 4.79 Å². The minimum absolute atomic E-state index is 0.107. The first-order chi connectivity index (χ1) is 14.8. The van der Waals surface area contributed by atoms with Gasteiger partial charge in [-0.1, -0.05) is 57.2 Å². The molecule has 0 aliphatic rings. The van der Waals surface area contributed by atoms with Gasteiger partial charge in [0.1, 0.15) is 11.5 Å². The number of methoxy groups -OCH3 is 1. The molecule has 0 bridgehead atoms. The first-order valence-corrected chi connectivity index (χ1v) is 11.0. The van der Waals surface area contributed by atoms with Crippen LogP contribution >= 0.6 is 0 Å². The summed E-state index contributed by atoms with van der Waals surface area (Å²) in [4.78, 5) is 13.1. The van der Waals surface area contributed by atoms with Crippen molar-refractivity contribution in [1.29, 1.82) is 0 Å². The molecule has 0 radical (unpaired) electrons. The van der Waals surface area contributed by atoms with Gasteiger partial charge in [0, 0.05) is 5.39 Å². The number of carbonyl (C=O) groups excluding carboxylic acids is 1. The molecular formula is C27H33NO3. The Morgan fingerprint density at radius 2 is 1.68 bits per heavy atom. The van der Waals surface area contributed by atoms with Gasteiger partial charge in [-0.25, -0.2) is 0 Å². The molecule has 0 spiro atoms. The lowest BCUT2D eigenvalue weighted by Gasteiger charge is -2.24. The average molecular weight is 420 g/mol. The Labute approximate surface area is 185 Å². The Morgan fingerprint density at radius 3 is 2.35 bits per heavy atom. The fraction of sp³-hybridized carbons (Fsp3) is 0.370. The van der Waals surface area contributed by atoms with E-state index in [0.29, 0.717) is 12.3 Å². The number of carbonyl (C=O) groups is 1. The van der Waals surface area contributed by atoms with Crippen LogP contribution in [0, 0.1) is 6.92 Å². The molecule has 0 saturated carbocycles.